The standard InChI is InChI=1S/C29H28N6OS/c1-35(2)18-19-9-10-21(17-30)25(16-19)32-28(36)20-11-13-22(14-12-20)31-29-33-24-7-4-3-6-23(24)27(34-29)26-8-5-15-37-26/h3-16H,17-18,30H2,1-2H3,(H,32,36)(H,31,33,34). The van der Waals surface area contributed by atoms with Crippen LogP contribution in [0.3, 0.4) is 0 Å². The van der Waals surface area contributed by atoms with Crippen LogP contribution in [0.5, 0.6) is 0 Å². The molecule has 2 heterocycles. The van der Waals surface area contributed by atoms with Crippen LogP contribution in [0, 0.1) is 0 Å². The van der Waals surface area contributed by atoms with Crippen molar-refractivity contribution >= 4 is 45.5 Å². The average Bonchev–Trinajstić information content (AvgIpc) is 3.43. The molecule has 5 rings (SSSR count). The molecular formula is C29H28N6OS. The van der Waals surface area contributed by atoms with Gasteiger partial charge >= 0.3 is 0 Å². The van der Waals surface area contributed by atoms with Gasteiger partial charge < -0.3 is 21.3 Å². The lowest BCUT2D eigenvalue weighted by molar-refractivity contribution is 0.102. The first-order valence-corrected chi connectivity index (χ1v) is 12.8. The van der Waals surface area contributed by atoms with Crippen molar-refractivity contribution in [2.75, 3.05) is 24.7 Å². The molecule has 0 saturated heterocycles. The number of hydrogen-bond acceptors (Lipinski definition) is 7. The van der Waals surface area contributed by atoms with Gasteiger partial charge in [0.2, 0.25) is 5.95 Å². The lowest BCUT2D eigenvalue weighted by atomic mass is 10.1. The van der Waals surface area contributed by atoms with E-state index in [2.05, 4.69) is 26.6 Å². The number of nitrogens with one attached hydrogen (secondary N) is 2. The fraction of sp³-hybridized carbons (Fsp3) is 0.138. The van der Waals surface area contributed by atoms with Crippen molar-refractivity contribution in [1.29, 1.82) is 0 Å². The van der Waals surface area contributed by atoms with Crippen molar-refractivity contribution in [1.82, 2.24) is 14.9 Å². The summed E-state index contributed by atoms with van der Waals surface area (Å²) >= 11 is 1.65. The van der Waals surface area contributed by atoms with Crippen LogP contribution in [0.2, 0.25) is 0 Å². The van der Waals surface area contributed by atoms with E-state index in [0.717, 1.165) is 50.5 Å². The molecule has 0 aliphatic rings. The van der Waals surface area contributed by atoms with Crippen molar-refractivity contribution in [2.45, 2.75) is 13.1 Å². The summed E-state index contributed by atoms with van der Waals surface area (Å²) < 4.78 is 0. The number of nitrogens with zero attached hydrogens (tertiary/aromatic N) is 3. The van der Waals surface area contributed by atoms with E-state index in [1.807, 2.05) is 80.1 Å². The average molecular weight is 509 g/mol. The van der Waals surface area contributed by atoms with E-state index in [4.69, 9.17) is 10.7 Å². The van der Waals surface area contributed by atoms with Crippen LogP contribution in [0.25, 0.3) is 21.5 Å². The molecule has 0 saturated carbocycles. The highest BCUT2D eigenvalue weighted by Gasteiger charge is 2.13. The summed E-state index contributed by atoms with van der Waals surface area (Å²) in [4.78, 5) is 25.6. The van der Waals surface area contributed by atoms with Gasteiger partial charge in [0.1, 0.15) is 0 Å². The van der Waals surface area contributed by atoms with Crippen LogP contribution in [0.4, 0.5) is 17.3 Å². The zero-order valence-corrected chi connectivity index (χ0v) is 21.5. The third kappa shape index (κ3) is 5.67. The molecule has 186 valence electrons. The van der Waals surface area contributed by atoms with Gasteiger partial charge in [-0.3, -0.25) is 4.79 Å². The van der Waals surface area contributed by atoms with E-state index in [9.17, 15) is 4.79 Å². The molecule has 0 unspecified atom stereocenters. The summed E-state index contributed by atoms with van der Waals surface area (Å²) in [6.07, 6.45) is 0. The molecule has 2 aromatic heterocycles. The minimum atomic E-state index is -0.190. The number of carbonyl (C=O) groups is 1. The maximum Gasteiger partial charge on any atom is 0.255 e. The molecule has 4 N–H and O–H groups in total. The Kier molecular flexibility index (Phi) is 7.23. The van der Waals surface area contributed by atoms with E-state index in [-0.39, 0.29) is 5.91 Å². The molecule has 37 heavy (non-hydrogen) atoms. The largest absolute Gasteiger partial charge is 0.326 e. The number of anilines is 3. The number of nitrogens with two attached hydrogens (primary N) is 1. The summed E-state index contributed by atoms with van der Waals surface area (Å²) in [6.45, 7) is 1.12. The van der Waals surface area contributed by atoms with Crippen LogP contribution in [-0.4, -0.2) is 34.9 Å². The van der Waals surface area contributed by atoms with Crippen LogP contribution >= 0.6 is 11.3 Å². The molecule has 0 radical (unpaired) electrons. The molecule has 0 bridgehead atoms. The van der Waals surface area contributed by atoms with Crippen LogP contribution in [0.1, 0.15) is 21.5 Å². The summed E-state index contributed by atoms with van der Waals surface area (Å²) in [7, 11) is 4.02. The van der Waals surface area contributed by atoms with Crippen molar-refractivity contribution in [2.24, 2.45) is 5.73 Å². The molecular weight excluding hydrogens is 480 g/mol. The van der Waals surface area contributed by atoms with Gasteiger partial charge in [-0.2, -0.15) is 0 Å². The molecule has 8 heteroatoms. The van der Waals surface area contributed by atoms with E-state index >= 15 is 0 Å². The van der Waals surface area contributed by atoms with E-state index < -0.39 is 0 Å². The van der Waals surface area contributed by atoms with E-state index in [0.29, 0.717) is 18.1 Å². The monoisotopic (exact) mass is 508 g/mol. The Labute approximate surface area is 220 Å². The Hall–Kier alpha value is -4.11. The minimum absolute atomic E-state index is 0.190. The normalized spacial score (nSPS) is 11.1. The predicted molar refractivity (Wildman–Crippen MR) is 152 cm³/mol. The van der Waals surface area contributed by atoms with Crippen LogP contribution in [-0.2, 0) is 13.1 Å². The second-order valence-corrected chi connectivity index (χ2v) is 9.93. The van der Waals surface area contributed by atoms with Crippen LogP contribution in [0.15, 0.2) is 84.2 Å². The quantitative estimate of drug-likeness (QED) is 0.242. The fourth-order valence-electron chi connectivity index (χ4n) is 4.14. The molecule has 7 nitrogen and oxygen atoms in total. The minimum Gasteiger partial charge on any atom is -0.326 e. The molecule has 1 amide bonds. The maximum absolute atomic E-state index is 13.0. The van der Waals surface area contributed by atoms with E-state index in [1.165, 1.54) is 0 Å². The first kappa shape index (κ1) is 24.6. The number of thiophene rings is 1. The SMILES string of the molecule is CN(C)Cc1ccc(CN)c(NC(=O)c2ccc(Nc3nc(-c4cccs4)c4ccccc4n3)cc2)c1. The lowest BCUT2D eigenvalue weighted by Crippen LogP contribution is -2.16. The van der Waals surface area contributed by atoms with Gasteiger partial charge in [0, 0.05) is 35.4 Å². The Morgan fingerprint density at radius 1 is 0.973 bits per heavy atom. The summed E-state index contributed by atoms with van der Waals surface area (Å²) in [5, 5.41) is 9.36. The fourth-order valence-corrected chi connectivity index (χ4v) is 4.87. The van der Waals surface area contributed by atoms with Gasteiger partial charge in [-0.05, 0) is 73.1 Å². The zero-order chi connectivity index (χ0) is 25.8. The first-order valence-electron chi connectivity index (χ1n) is 12.0. The smallest absolute Gasteiger partial charge is 0.255 e. The van der Waals surface area contributed by atoms with Crippen LogP contribution < -0.4 is 16.4 Å². The Bertz CT molecular complexity index is 1530. The van der Waals surface area contributed by atoms with Gasteiger partial charge in [0.25, 0.3) is 5.91 Å². The topological polar surface area (TPSA) is 96.2 Å². The zero-order valence-electron chi connectivity index (χ0n) is 20.7. The van der Waals surface area contributed by atoms with Crippen molar-refractivity contribution in [3.8, 4) is 10.6 Å². The lowest BCUT2D eigenvalue weighted by Gasteiger charge is -2.15. The molecule has 0 spiro atoms. The second-order valence-electron chi connectivity index (χ2n) is 8.98. The van der Waals surface area contributed by atoms with Gasteiger partial charge in [0.05, 0.1) is 16.1 Å². The summed E-state index contributed by atoms with van der Waals surface area (Å²) in [5.41, 5.74) is 11.7. The third-order valence-electron chi connectivity index (χ3n) is 5.90. The summed E-state index contributed by atoms with van der Waals surface area (Å²) in [6, 6.07) is 25.3. The number of hydrogen-bond donors (Lipinski definition) is 3. The number of amides is 1. The highest BCUT2D eigenvalue weighted by atomic mass is 32.1. The predicted octanol–water partition coefficient (Wildman–Crippen LogP) is 5.87. The molecule has 0 atom stereocenters. The number of carbonyl (C=O) groups excluding carboxylic acids is 1. The maximum atomic E-state index is 13.0. The number of para-hydroxylation sites is 1. The molecule has 0 fully saturated rings. The molecule has 0 aliphatic carbocycles. The van der Waals surface area contributed by atoms with Gasteiger partial charge in [-0.15, -0.1) is 11.3 Å². The Morgan fingerprint density at radius 2 is 1.78 bits per heavy atom. The van der Waals surface area contributed by atoms with Gasteiger partial charge in [-0.1, -0.05) is 36.4 Å². The van der Waals surface area contributed by atoms with Gasteiger partial charge in [-0.25, -0.2) is 9.97 Å². The third-order valence-corrected chi connectivity index (χ3v) is 6.78. The van der Waals surface area contributed by atoms with Crippen molar-refractivity contribution < 1.29 is 4.79 Å². The number of rotatable bonds is 8. The number of aromatic nitrogens is 2. The number of benzene rings is 3. The number of fused-ring (bicyclic) bond motifs is 1. The van der Waals surface area contributed by atoms with Gasteiger partial charge in [0.15, 0.2) is 0 Å². The second kappa shape index (κ2) is 10.9. The summed E-state index contributed by atoms with van der Waals surface area (Å²) in [5.74, 6) is 0.315. The molecule has 5 aromatic rings. The molecule has 3 aromatic carbocycles. The highest BCUT2D eigenvalue weighted by Crippen LogP contribution is 2.31. The van der Waals surface area contributed by atoms with Crippen molar-refractivity contribution in [3.63, 3.8) is 0 Å². The molecule has 0 aliphatic heterocycles. The van der Waals surface area contributed by atoms with E-state index in [1.54, 1.807) is 23.5 Å². The van der Waals surface area contributed by atoms with Crippen molar-refractivity contribution in [3.05, 3.63) is 101 Å². The highest BCUT2D eigenvalue weighted by molar-refractivity contribution is 7.13. The Balaban J connectivity index is 1.35. The first-order chi connectivity index (χ1) is 18.0. The Morgan fingerprint density at radius 3 is 2.51 bits per heavy atom.